The molecule has 0 radical (unpaired) electrons. The number of nitro groups is 1. The molecule has 2 rings (SSSR count). The number of nitro benzene ring substituents is 1. The SMILES string of the molecule is CCOC(=O)C1CCN(c2ccc([N+](=O)[O-])cc2C(=O)OC)CC1. The monoisotopic (exact) mass is 336 g/mol. The number of carbonyl (C=O) groups is 2. The number of piperidine rings is 1. The summed E-state index contributed by atoms with van der Waals surface area (Å²) in [5, 5.41) is 10.9. The van der Waals surface area contributed by atoms with Crippen LogP contribution in [0.1, 0.15) is 30.1 Å². The van der Waals surface area contributed by atoms with Crippen molar-refractivity contribution in [2.75, 3.05) is 31.7 Å². The van der Waals surface area contributed by atoms with Gasteiger partial charge in [-0.3, -0.25) is 14.9 Å². The third-order valence-corrected chi connectivity index (χ3v) is 4.05. The van der Waals surface area contributed by atoms with E-state index in [2.05, 4.69) is 0 Å². The number of rotatable bonds is 5. The Morgan fingerprint density at radius 1 is 1.33 bits per heavy atom. The van der Waals surface area contributed by atoms with E-state index in [-0.39, 0.29) is 23.1 Å². The average molecular weight is 336 g/mol. The fourth-order valence-corrected chi connectivity index (χ4v) is 2.80. The van der Waals surface area contributed by atoms with Crippen molar-refractivity contribution in [2.24, 2.45) is 5.92 Å². The molecule has 0 unspecified atom stereocenters. The molecule has 0 spiro atoms. The van der Waals surface area contributed by atoms with Gasteiger partial charge in [-0.1, -0.05) is 0 Å². The van der Waals surface area contributed by atoms with Crippen LogP contribution in [0, 0.1) is 16.0 Å². The lowest BCUT2D eigenvalue weighted by atomic mass is 9.96. The van der Waals surface area contributed by atoms with Crippen molar-refractivity contribution in [3.8, 4) is 0 Å². The molecule has 0 saturated carbocycles. The molecule has 0 bridgehead atoms. The summed E-state index contributed by atoms with van der Waals surface area (Å²) in [7, 11) is 1.23. The third-order valence-electron chi connectivity index (χ3n) is 4.05. The first-order chi connectivity index (χ1) is 11.5. The zero-order valence-electron chi connectivity index (χ0n) is 13.7. The van der Waals surface area contributed by atoms with Crippen LogP contribution in [-0.2, 0) is 14.3 Å². The summed E-state index contributed by atoms with van der Waals surface area (Å²) >= 11 is 0. The Morgan fingerprint density at radius 3 is 2.54 bits per heavy atom. The molecule has 1 heterocycles. The maximum atomic E-state index is 12.0. The Bertz CT molecular complexity index is 637. The summed E-state index contributed by atoms with van der Waals surface area (Å²) in [6.07, 6.45) is 1.22. The molecular weight excluding hydrogens is 316 g/mol. The van der Waals surface area contributed by atoms with E-state index in [1.54, 1.807) is 13.0 Å². The van der Waals surface area contributed by atoms with Crippen molar-refractivity contribution in [2.45, 2.75) is 19.8 Å². The summed E-state index contributed by atoms with van der Waals surface area (Å²) in [4.78, 5) is 36.1. The highest BCUT2D eigenvalue weighted by Gasteiger charge is 2.28. The Morgan fingerprint density at radius 2 is 2.00 bits per heavy atom. The van der Waals surface area contributed by atoms with Crippen LogP contribution in [0.25, 0.3) is 0 Å². The minimum atomic E-state index is -0.624. The maximum absolute atomic E-state index is 12.0. The molecule has 1 aromatic rings. The zero-order valence-corrected chi connectivity index (χ0v) is 13.7. The second-order valence-corrected chi connectivity index (χ2v) is 5.46. The van der Waals surface area contributed by atoms with Crippen molar-refractivity contribution < 1.29 is 24.0 Å². The zero-order chi connectivity index (χ0) is 17.7. The first-order valence-corrected chi connectivity index (χ1v) is 7.76. The van der Waals surface area contributed by atoms with E-state index in [0.29, 0.717) is 38.2 Å². The van der Waals surface area contributed by atoms with Crippen LogP contribution in [0.4, 0.5) is 11.4 Å². The molecule has 0 atom stereocenters. The van der Waals surface area contributed by atoms with Crippen molar-refractivity contribution in [1.29, 1.82) is 0 Å². The smallest absolute Gasteiger partial charge is 0.340 e. The highest BCUT2D eigenvalue weighted by atomic mass is 16.6. The summed E-state index contributed by atoms with van der Waals surface area (Å²) < 4.78 is 9.77. The molecule has 24 heavy (non-hydrogen) atoms. The van der Waals surface area contributed by atoms with Crippen LogP contribution in [0.5, 0.6) is 0 Å². The van der Waals surface area contributed by atoms with E-state index in [0.717, 1.165) is 0 Å². The van der Waals surface area contributed by atoms with E-state index in [9.17, 15) is 19.7 Å². The molecule has 1 aromatic carbocycles. The Kier molecular flexibility index (Phi) is 5.73. The van der Waals surface area contributed by atoms with Crippen molar-refractivity contribution in [3.63, 3.8) is 0 Å². The number of nitrogens with zero attached hydrogens (tertiary/aromatic N) is 2. The Hall–Kier alpha value is -2.64. The molecule has 1 aliphatic rings. The number of carbonyl (C=O) groups excluding carboxylic acids is 2. The van der Waals surface area contributed by atoms with Crippen molar-refractivity contribution in [1.82, 2.24) is 0 Å². The molecular formula is C16H20N2O6. The number of anilines is 1. The molecule has 130 valence electrons. The van der Waals surface area contributed by atoms with Crippen LogP contribution in [0.3, 0.4) is 0 Å². The Balaban J connectivity index is 2.19. The third kappa shape index (κ3) is 3.81. The minimum Gasteiger partial charge on any atom is -0.466 e. The van der Waals surface area contributed by atoms with Crippen LogP contribution in [0.2, 0.25) is 0 Å². The number of hydrogen-bond acceptors (Lipinski definition) is 7. The van der Waals surface area contributed by atoms with E-state index >= 15 is 0 Å². The average Bonchev–Trinajstić information content (AvgIpc) is 2.60. The Labute approximate surface area is 139 Å². The van der Waals surface area contributed by atoms with E-state index in [1.165, 1.54) is 19.2 Å². The fourth-order valence-electron chi connectivity index (χ4n) is 2.80. The summed E-state index contributed by atoms with van der Waals surface area (Å²) in [5.41, 5.74) is 0.566. The molecule has 0 aromatic heterocycles. The number of esters is 2. The van der Waals surface area contributed by atoms with Gasteiger partial charge in [-0.2, -0.15) is 0 Å². The minimum absolute atomic E-state index is 0.152. The van der Waals surface area contributed by atoms with E-state index in [1.807, 2.05) is 4.90 Å². The van der Waals surface area contributed by atoms with Gasteiger partial charge in [0.2, 0.25) is 0 Å². The van der Waals surface area contributed by atoms with E-state index in [4.69, 9.17) is 9.47 Å². The quantitative estimate of drug-likeness (QED) is 0.461. The topological polar surface area (TPSA) is 99.0 Å². The highest BCUT2D eigenvalue weighted by molar-refractivity contribution is 5.96. The van der Waals surface area contributed by atoms with Gasteiger partial charge in [0.25, 0.3) is 5.69 Å². The van der Waals surface area contributed by atoms with Gasteiger partial charge in [0.1, 0.15) is 0 Å². The van der Waals surface area contributed by atoms with Crippen molar-refractivity contribution >= 4 is 23.3 Å². The van der Waals surface area contributed by atoms with Gasteiger partial charge < -0.3 is 14.4 Å². The van der Waals surface area contributed by atoms with Gasteiger partial charge in [0.15, 0.2) is 0 Å². The molecule has 8 heteroatoms. The van der Waals surface area contributed by atoms with Crippen LogP contribution >= 0.6 is 0 Å². The summed E-state index contributed by atoms with van der Waals surface area (Å²) in [5.74, 6) is -0.976. The van der Waals surface area contributed by atoms with Crippen LogP contribution in [0.15, 0.2) is 18.2 Å². The predicted octanol–water partition coefficient (Wildman–Crippen LogP) is 2.16. The normalized spacial score (nSPS) is 15.0. The lowest BCUT2D eigenvalue weighted by Gasteiger charge is -2.33. The predicted molar refractivity (Wildman–Crippen MR) is 86.0 cm³/mol. The number of benzene rings is 1. The largest absolute Gasteiger partial charge is 0.466 e. The lowest BCUT2D eigenvalue weighted by molar-refractivity contribution is -0.384. The second kappa shape index (κ2) is 7.76. The molecule has 0 amide bonds. The molecule has 0 aliphatic carbocycles. The van der Waals surface area contributed by atoms with Gasteiger partial charge in [0, 0.05) is 25.2 Å². The van der Waals surface area contributed by atoms with Crippen LogP contribution in [-0.4, -0.2) is 43.7 Å². The molecule has 0 N–H and O–H groups in total. The molecule has 1 aliphatic heterocycles. The summed E-state index contributed by atoms with van der Waals surface area (Å²) in [6, 6.07) is 4.13. The van der Waals surface area contributed by atoms with E-state index < -0.39 is 10.9 Å². The van der Waals surface area contributed by atoms with Crippen LogP contribution < -0.4 is 4.90 Å². The fraction of sp³-hybridized carbons (Fsp3) is 0.500. The molecule has 1 fully saturated rings. The number of methoxy groups -OCH3 is 1. The number of non-ortho nitro benzene ring substituents is 1. The maximum Gasteiger partial charge on any atom is 0.340 e. The van der Waals surface area contributed by atoms with Gasteiger partial charge in [0.05, 0.1) is 35.8 Å². The van der Waals surface area contributed by atoms with Gasteiger partial charge in [-0.25, -0.2) is 4.79 Å². The highest BCUT2D eigenvalue weighted by Crippen LogP contribution is 2.30. The standard InChI is InChI=1S/C16H20N2O6/c1-3-24-15(19)11-6-8-17(9-7-11)14-5-4-12(18(21)22)10-13(14)16(20)23-2/h4-5,10-11H,3,6-9H2,1-2H3. The molecule has 1 saturated heterocycles. The van der Waals surface area contributed by atoms with Gasteiger partial charge in [-0.15, -0.1) is 0 Å². The number of hydrogen-bond donors (Lipinski definition) is 0. The van der Waals surface area contributed by atoms with Crippen molar-refractivity contribution in [3.05, 3.63) is 33.9 Å². The number of ether oxygens (including phenoxy) is 2. The first-order valence-electron chi connectivity index (χ1n) is 7.76. The molecule has 8 nitrogen and oxygen atoms in total. The lowest BCUT2D eigenvalue weighted by Crippen LogP contribution is -2.37. The summed E-state index contributed by atoms with van der Waals surface area (Å²) in [6.45, 7) is 3.25. The van der Waals surface area contributed by atoms with Gasteiger partial charge >= 0.3 is 11.9 Å². The van der Waals surface area contributed by atoms with Gasteiger partial charge in [-0.05, 0) is 25.8 Å². The first kappa shape index (κ1) is 17.7. The second-order valence-electron chi connectivity index (χ2n) is 5.46.